The van der Waals surface area contributed by atoms with Crippen molar-refractivity contribution >= 4 is 11.8 Å². The first kappa shape index (κ1) is 15.6. The fourth-order valence-corrected chi connectivity index (χ4v) is 2.57. The van der Waals surface area contributed by atoms with Gasteiger partial charge in [0.25, 0.3) is 0 Å². The summed E-state index contributed by atoms with van der Waals surface area (Å²) in [6.07, 6.45) is 2.90. The largest absolute Gasteiger partial charge is 0.441 e. The average Bonchev–Trinajstić information content (AvgIpc) is 2.41. The van der Waals surface area contributed by atoms with Crippen molar-refractivity contribution in [3.05, 3.63) is 42.0 Å². The molecule has 1 aliphatic carbocycles. The number of carbonyl (C=O) groups is 1. The number of amides is 1. The number of hydrogen-bond acceptors (Lipinski definition) is 3. The molecule has 2 rings (SSSR count). The maximum atomic E-state index is 11.9. The van der Waals surface area contributed by atoms with E-state index in [1.54, 1.807) is 0 Å². The van der Waals surface area contributed by atoms with Gasteiger partial charge in [-0.1, -0.05) is 24.3 Å². The number of carbonyl (C=O) groups excluding carboxylic acids is 1. The van der Waals surface area contributed by atoms with Crippen molar-refractivity contribution in [2.45, 2.75) is 45.3 Å². The highest BCUT2D eigenvalue weighted by Crippen LogP contribution is 2.32. The quantitative estimate of drug-likeness (QED) is 0.834. The molecule has 0 aliphatic heterocycles. The fourth-order valence-electron chi connectivity index (χ4n) is 2.57. The van der Waals surface area contributed by atoms with Crippen LogP contribution in [0.25, 0.3) is 0 Å². The monoisotopic (exact) mass is 289 g/mol. The number of para-hydroxylation sites is 1. The molecular weight excluding hydrogens is 266 g/mol. The molecule has 1 amide bonds. The summed E-state index contributed by atoms with van der Waals surface area (Å²) in [7, 11) is 0. The van der Waals surface area contributed by atoms with Gasteiger partial charge in [-0.15, -0.1) is 0 Å². The Kier molecular flexibility index (Phi) is 4.68. The summed E-state index contributed by atoms with van der Waals surface area (Å²) in [6.45, 7) is 5.56. The molecule has 2 atom stereocenters. The van der Waals surface area contributed by atoms with Crippen LogP contribution in [0, 0.1) is 5.92 Å². The van der Waals surface area contributed by atoms with E-state index in [2.05, 4.69) is 5.32 Å². The second-order valence-electron chi connectivity index (χ2n) is 6.13. The highest BCUT2D eigenvalue weighted by atomic mass is 16.6. The number of benzene rings is 1. The van der Waals surface area contributed by atoms with Gasteiger partial charge in [0.05, 0.1) is 5.60 Å². The smallest absolute Gasteiger partial charge is 0.412 e. The van der Waals surface area contributed by atoms with Gasteiger partial charge < -0.3 is 9.84 Å². The Bertz CT molecular complexity index is 517. The van der Waals surface area contributed by atoms with Crippen LogP contribution in [0.3, 0.4) is 0 Å². The topological polar surface area (TPSA) is 58.6 Å². The Morgan fingerprint density at radius 3 is 2.52 bits per heavy atom. The normalized spacial score (nSPS) is 22.4. The molecule has 0 heterocycles. The van der Waals surface area contributed by atoms with Crippen molar-refractivity contribution in [1.29, 1.82) is 0 Å². The highest BCUT2D eigenvalue weighted by molar-refractivity contribution is 5.84. The first-order chi connectivity index (χ1) is 9.86. The number of nitrogens with one attached hydrogen (secondary N) is 1. The minimum Gasteiger partial charge on any atom is -0.441 e. The molecule has 2 N–H and O–H groups in total. The van der Waals surface area contributed by atoms with Crippen LogP contribution in [0.5, 0.6) is 0 Å². The van der Waals surface area contributed by atoms with E-state index in [9.17, 15) is 9.90 Å². The molecule has 0 fully saturated rings. The number of aliphatic hydroxyl groups is 1. The number of anilines is 1. The zero-order valence-corrected chi connectivity index (χ0v) is 12.8. The maximum Gasteiger partial charge on any atom is 0.412 e. The highest BCUT2D eigenvalue weighted by Gasteiger charge is 2.31. The van der Waals surface area contributed by atoms with Crippen LogP contribution in [-0.2, 0) is 4.74 Å². The van der Waals surface area contributed by atoms with Gasteiger partial charge in [0.2, 0.25) is 0 Å². The Morgan fingerprint density at radius 2 is 1.95 bits per heavy atom. The zero-order chi connectivity index (χ0) is 15.5. The van der Waals surface area contributed by atoms with Gasteiger partial charge in [-0.05, 0) is 51.3 Å². The van der Waals surface area contributed by atoms with Crippen LogP contribution in [0.2, 0.25) is 0 Å². The van der Waals surface area contributed by atoms with E-state index < -0.39 is 11.7 Å². The molecule has 1 aromatic carbocycles. The van der Waals surface area contributed by atoms with Gasteiger partial charge in [0.15, 0.2) is 0 Å². The molecule has 0 bridgehead atoms. The Balaban J connectivity index is 1.94. The van der Waals surface area contributed by atoms with Crippen molar-refractivity contribution in [3.63, 3.8) is 0 Å². The van der Waals surface area contributed by atoms with Gasteiger partial charge >= 0.3 is 6.09 Å². The zero-order valence-electron chi connectivity index (χ0n) is 12.8. The lowest BCUT2D eigenvalue weighted by molar-refractivity contribution is 0.0216. The standard InChI is InChI=1S/C17H23NO3/c1-12-11-13(17(2,3)20)9-10-15(12)21-16(19)18-14-7-5-4-6-8-14/h4-8,11,13,15,20H,9-10H2,1-3H3,(H,18,19)/t13-,15-/m0/s1. The molecule has 1 aromatic rings. The first-order valence-electron chi connectivity index (χ1n) is 7.29. The van der Waals surface area contributed by atoms with Crippen LogP contribution in [0.4, 0.5) is 10.5 Å². The van der Waals surface area contributed by atoms with Crippen molar-refractivity contribution < 1.29 is 14.6 Å². The number of ether oxygens (including phenoxy) is 1. The molecule has 114 valence electrons. The Morgan fingerprint density at radius 1 is 1.29 bits per heavy atom. The van der Waals surface area contributed by atoms with E-state index in [-0.39, 0.29) is 12.0 Å². The predicted molar refractivity (Wildman–Crippen MR) is 83.1 cm³/mol. The molecule has 0 saturated heterocycles. The summed E-state index contributed by atoms with van der Waals surface area (Å²) in [6, 6.07) is 9.23. The van der Waals surface area contributed by atoms with Gasteiger partial charge in [0.1, 0.15) is 6.10 Å². The van der Waals surface area contributed by atoms with Crippen LogP contribution < -0.4 is 5.32 Å². The second-order valence-corrected chi connectivity index (χ2v) is 6.13. The molecule has 1 aliphatic rings. The summed E-state index contributed by atoms with van der Waals surface area (Å²) >= 11 is 0. The molecule has 0 aromatic heterocycles. The lowest BCUT2D eigenvalue weighted by Crippen LogP contribution is -2.35. The fraction of sp³-hybridized carbons (Fsp3) is 0.471. The lowest BCUT2D eigenvalue weighted by Gasteiger charge is -2.33. The molecule has 21 heavy (non-hydrogen) atoms. The van der Waals surface area contributed by atoms with Crippen LogP contribution in [0.15, 0.2) is 42.0 Å². The SMILES string of the molecule is CC1=C[C@@H](C(C)(C)O)CC[C@@H]1OC(=O)Nc1ccccc1. The van der Waals surface area contributed by atoms with Crippen molar-refractivity contribution in [2.75, 3.05) is 5.32 Å². The molecule has 0 unspecified atom stereocenters. The third-order valence-electron chi connectivity index (χ3n) is 3.89. The van der Waals surface area contributed by atoms with Crippen molar-refractivity contribution in [2.24, 2.45) is 5.92 Å². The number of hydrogen-bond donors (Lipinski definition) is 2. The van der Waals surface area contributed by atoms with Crippen molar-refractivity contribution in [1.82, 2.24) is 0 Å². The van der Waals surface area contributed by atoms with E-state index in [1.165, 1.54) is 0 Å². The summed E-state index contributed by atoms with van der Waals surface area (Å²) in [4.78, 5) is 11.9. The Hall–Kier alpha value is -1.81. The predicted octanol–water partition coefficient (Wildman–Crippen LogP) is 3.73. The second kappa shape index (κ2) is 6.31. The minimum absolute atomic E-state index is 0.106. The van der Waals surface area contributed by atoms with E-state index in [4.69, 9.17) is 4.74 Å². The molecule has 0 radical (unpaired) electrons. The van der Waals surface area contributed by atoms with Gasteiger partial charge in [-0.25, -0.2) is 4.79 Å². The van der Waals surface area contributed by atoms with Crippen LogP contribution >= 0.6 is 0 Å². The third-order valence-corrected chi connectivity index (χ3v) is 3.89. The lowest BCUT2D eigenvalue weighted by atomic mass is 9.80. The Labute approximate surface area is 125 Å². The molecule has 0 spiro atoms. The molecule has 4 nitrogen and oxygen atoms in total. The van der Waals surface area contributed by atoms with E-state index in [0.29, 0.717) is 5.69 Å². The molecular formula is C17H23NO3. The van der Waals surface area contributed by atoms with Crippen LogP contribution in [0.1, 0.15) is 33.6 Å². The van der Waals surface area contributed by atoms with Crippen LogP contribution in [-0.4, -0.2) is 22.9 Å². The van der Waals surface area contributed by atoms with E-state index in [0.717, 1.165) is 18.4 Å². The third kappa shape index (κ3) is 4.33. The van der Waals surface area contributed by atoms with Gasteiger partial charge in [-0.2, -0.15) is 0 Å². The summed E-state index contributed by atoms with van der Waals surface area (Å²) < 4.78 is 5.47. The van der Waals surface area contributed by atoms with E-state index in [1.807, 2.05) is 57.2 Å². The van der Waals surface area contributed by atoms with Gasteiger partial charge in [-0.3, -0.25) is 5.32 Å². The minimum atomic E-state index is -0.738. The number of rotatable bonds is 3. The molecule has 4 heteroatoms. The maximum absolute atomic E-state index is 11.9. The summed E-state index contributed by atoms with van der Waals surface area (Å²) in [5.74, 6) is 0.106. The van der Waals surface area contributed by atoms with E-state index >= 15 is 0 Å². The first-order valence-corrected chi connectivity index (χ1v) is 7.29. The molecule has 0 saturated carbocycles. The van der Waals surface area contributed by atoms with Gasteiger partial charge in [0, 0.05) is 11.6 Å². The summed E-state index contributed by atoms with van der Waals surface area (Å²) in [5, 5.41) is 12.8. The van der Waals surface area contributed by atoms with Crippen molar-refractivity contribution in [3.8, 4) is 0 Å². The summed E-state index contributed by atoms with van der Waals surface area (Å²) in [5.41, 5.74) is 0.976. The average molecular weight is 289 g/mol.